The van der Waals surface area contributed by atoms with Gasteiger partial charge >= 0.3 is 0 Å². The molecule has 1 aromatic carbocycles. The predicted molar refractivity (Wildman–Crippen MR) is 81.2 cm³/mol. The molecule has 0 amide bonds. The molecule has 0 saturated carbocycles. The average Bonchev–Trinajstić information content (AvgIpc) is 2.64. The van der Waals surface area contributed by atoms with Gasteiger partial charge in [0.1, 0.15) is 11.4 Å². The highest BCUT2D eigenvalue weighted by atomic mass is 16.5. The van der Waals surface area contributed by atoms with Crippen LogP contribution in [0.3, 0.4) is 0 Å². The van der Waals surface area contributed by atoms with Crippen LogP contribution in [-0.4, -0.2) is 15.8 Å². The van der Waals surface area contributed by atoms with Crippen LogP contribution in [0.5, 0.6) is 11.5 Å². The van der Waals surface area contributed by atoms with Gasteiger partial charge in [-0.3, -0.25) is 4.68 Å². The van der Waals surface area contributed by atoms with E-state index in [0.29, 0.717) is 6.04 Å². The minimum Gasteiger partial charge on any atom is -0.453 e. The van der Waals surface area contributed by atoms with Crippen LogP contribution in [0.15, 0.2) is 24.3 Å². The molecule has 108 valence electrons. The summed E-state index contributed by atoms with van der Waals surface area (Å²) in [7, 11) is 1.93. The number of aromatic nitrogens is 2. The molecule has 2 rings (SSSR count). The molecule has 0 atom stereocenters. The Labute approximate surface area is 120 Å². The molecule has 0 radical (unpaired) electrons. The number of ether oxygens (including phenoxy) is 1. The molecule has 0 bridgehead atoms. The van der Waals surface area contributed by atoms with E-state index in [0.717, 1.165) is 35.0 Å². The van der Waals surface area contributed by atoms with Gasteiger partial charge in [-0.05, 0) is 19.9 Å². The third-order valence-electron chi connectivity index (χ3n) is 3.33. The molecule has 1 heterocycles. The van der Waals surface area contributed by atoms with Crippen molar-refractivity contribution in [3.05, 3.63) is 41.2 Å². The van der Waals surface area contributed by atoms with E-state index in [1.807, 2.05) is 43.8 Å². The van der Waals surface area contributed by atoms with Crippen molar-refractivity contribution < 1.29 is 4.74 Å². The van der Waals surface area contributed by atoms with E-state index in [2.05, 4.69) is 30.3 Å². The van der Waals surface area contributed by atoms with Crippen molar-refractivity contribution in [2.24, 2.45) is 7.05 Å². The minimum absolute atomic E-state index is 0.449. The number of hydrogen-bond acceptors (Lipinski definition) is 3. The Morgan fingerprint density at radius 2 is 1.95 bits per heavy atom. The molecule has 1 N–H and O–H groups in total. The van der Waals surface area contributed by atoms with Crippen molar-refractivity contribution in [2.75, 3.05) is 0 Å². The van der Waals surface area contributed by atoms with Crippen LogP contribution in [0.2, 0.25) is 0 Å². The zero-order chi connectivity index (χ0) is 14.7. The summed E-state index contributed by atoms with van der Waals surface area (Å²) in [4.78, 5) is 0. The zero-order valence-corrected chi connectivity index (χ0v) is 12.9. The molecule has 4 heteroatoms. The number of hydrogen-bond donors (Lipinski definition) is 1. The van der Waals surface area contributed by atoms with Crippen molar-refractivity contribution in [3.63, 3.8) is 0 Å². The first kappa shape index (κ1) is 14.6. The van der Waals surface area contributed by atoms with E-state index in [1.165, 1.54) is 0 Å². The standard InChI is InChI=1S/C16H23N3O/c1-11(2)17-10-14-8-6-7-9-15(14)20-16-12(3)18-19(5)13(16)4/h6-9,11,17H,10H2,1-5H3. The summed E-state index contributed by atoms with van der Waals surface area (Å²) >= 11 is 0. The van der Waals surface area contributed by atoms with E-state index >= 15 is 0 Å². The van der Waals surface area contributed by atoms with Gasteiger partial charge in [0.2, 0.25) is 0 Å². The Balaban J connectivity index is 2.24. The summed E-state index contributed by atoms with van der Waals surface area (Å²) in [6, 6.07) is 8.57. The van der Waals surface area contributed by atoms with Gasteiger partial charge in [-0.25, -0.2) is 0 Å². The lowest BCUT2D eigenvalue weighted by atomic mass is 10.2. The summed E-state index contributed by atoms with van der Waals surface area (Å²) in [5.41, 5.74) is 3.11. The molecular weight excluding hydrogens is 250 g/mol. The highest BCUT2D eigenvalue weighted by Gasteiger charge is 2.13. The fraction of sp³-hybridized carbons (Fsp3) is 0.438. The molecule has 1 aromatic heterocycles. The predicted octanol–water partition coefficient (Wildman–Crippen LogP) is 3.33. The van der Waals surface area contributed by atoms with Crippen molar-refractivity contribution in [1.29, 1.82) is 0 Å². The quantitative estimate of drug-likeness (QED) is 0.908. The first-order chi connectivity index (χ1) is 9.49. The molecular formula is C16H23N3O. The van der Waals surface area contributed by atoms with Crippen LogP contribution in [0.25, 0.3) is 0 Å². The summed E-state index contributed by atoms with van der Waals surface area (Å²) in [5, 5.41) is 7.81. The van der Waals surface area contributed by atoms with Gasteiger partial charge in [0.15, 0.2) is 5.75 Å². The maximum absolute atomic E-state index is 6.10. The normalized spacial score (nSPS) is 11.1. The number of benzene rings is 1. The molecule has 0 aliphatic carbocycles. The fourth-order valence-corrected chi connectivity index (χ4v) is 2.08. The van der Waals surface area contributed by atoms with Gasteiger partial charge in [0, 0.05) is 25.2 Å². The summed E-state index contributed by atoms with van der Waals surface area (Å²) in [5.74, 6) is 1.74. The minimum atomic E-state index is 0.449. The molecule has 0 aliphatic rings. The third-order valence-corrected chi connectivity index (χ3v) is 3.33. The summed E-state index contributed by atoms with van der Waals surface area (Å²) < 4.78 is 7.95. The number of para-hydroxylation sites is 1. The smallest absolute Gasteiger partial charge is 0.171 e. The van der Waals surface area contributed by atoms with Crippen molar-refractivity contribution >= 4 is 0 Å². The highest BCUT2D eigenvalue weighted by molar-refractivity contribution is 5.41. The molecule has 0 fully saturated rings. The first-order valence-corrected chi connectivity index (χ1v) is 6.98. The van der Waals surface area contributed by atoms with Gasteiger partial charge in [-0.15, -0.1) is 0 Å². The molecule has 0 aliphatic heterocycles. The Morgan fingerprint density at radius 1 is 1.25 bits per heavy atom. The topological polar surface area (TPSA) is 39.1 Å². The van der Waals surface area contributed by atoms with Crippen molar-refractivity contribution in [1.82, 2.24) is 15.1 Å². The molecule has 0 spiro atoms. The van der Waals surface area contributed by atoms with Crippen molar-refractivity contribution in [2.45, 2.75) is 40.3 Å². The molecule has 20 heavy (non-hydrogen) atoms. The van der Waals surface area contributed by atoms with Crippen LogP contribution in [0, 0.1) is 13.8 Å². The SMILES string of the molecule is Cc1nn(C)c(C)c1Oc1ccccc1CNC(C)C. The van der Waals surface area contributed by atoms with Gasteiger partial charge in [0.05, 0.1) is 5.69 Å². The van der Waals surface area contributed by atoms with Gasteiger partial charge < -0.3 is 10.1 Å². The number of nitrogens with one attached hydrogen (secondary N) is 1. The molecule has 4 nitrogen and oxygen atoms in total. The monoisotopic (exact) mass is 273 g/mol. The summed E-state index contributed by atoms with van der Waals surface area (Å²) in [6.07, 6.45) is 0. The Morgan fingerprint density at radius 3 is 2.55 bits per heavy atom. The van der Waals surface area contributed by atoms with E-state index in [-0.39, 0.29) is 0 Å². The third kappa shape index (κ3) is 3.20. The van der Waals surface area contributed by atoms with Crippen LogP contribution in [0.1, 0.15) is 30.8 Å². The number of rotatable bonds is 5. The summed E-state index contributed by atoms with van der Waals surface area (Å²) in [6.45, 7) is 9.06. The van der Waals surface area contributed by atoms with Crippen molar-refractivity contribution in [3.8, 4) is 11.5 Å². The van der Waals surface area contributed by atoms with Crippen LogP contribution in [0.4, 0.5) is 0 Å². The van der Waals surface area contributed by atoms with Gasteiger partial charge in [-0.2, -0.15) is 5.10 Å². The maximum atomic E-state index is 6.10. The lowest BCUT2D eigenvalue weighted by Crippen LogP contribution is -2.22. The Kier molecular flexibility index (Phi) is 4.45. The van der Waals surface area contributed by atoms with Crippen LogP contribution >= 0.6 is 0 Å². The molecule has 0 unspecified atom stereocenters. The number of nitrogens with zero attached hydrogens (tertiary/aromatic N) is 2. The van der Waals surface area contributed by atoms with E-state index < -0.39 is 0 Å². The second-order valence-electron chi connectivity index (χ2n) is 5.37. The molecule has 0 saturated heterocycles. The highest BCUT2D eigenvalue weighted by Crippen LogP contribution is 2.30. The van der Waals surface area contributed by atoms with E-state index in [9.17, 15) is 0 Å². The van der Waals surface area contributed by atoms with E-state index in [4.69, 9.17) is 4.74 Å². The second kappa shape index (κ2) is 6.09. The Bertz CT molecular complexity index is 587. The lowest BCUT2D eigenvalue weighted by molar-refractivity contribution is 0.462. The van der Waals surface area contributed by atoms with Crippen LogP contribution < -0.4 is 10.1 Å². The first-order valence-electron chi connectivity index (χ1n) is 6.98. The maximum Gasteiger partial charge on any atom is 0.171 e. The zero-order valence-electron chi connectivity index (χ0n) is 12.9. The average molecular weight is 273 g/mol. The molecule has 2 aromatic rings. The van der Waals surface area contributed by atoms with E-state index in [1.54, 1.807) is 0 Å². The fourth-order valence-electron chi connectivity index (χ4n) is 2.08. The van der Waals surface area contributed by atoms with Crippen LogP contribution in [-0.2, 0) is 13.6 Å². The largest absolute Gasteiger partial charge is 0.453 e. The second-order valence-corrected chi connectivity index (χ2v) is 5.37. The van der Waals surface area contributed by atoms with Gasteiger partial charge in [-0.1, -0.05) is 32.0 Å². The Hall–Kier alpha value is -1.81. The number of aryl methyl sites for hydroxylation is 2. The van der Waals surface area contributed by atoms with Gasteiger partial charge in [0.25, 0.3) is 0 Å². The lowest BCUT2D eigenvalue weighted by Gasteiger charge is -2.13.